The minimum Gasteiger partial charge on any atom is -0.424 e. The van der Waals surface area contributed by atoms with Gasteiger partial charge in [-0.3, -0.25) is 4.79 Å². The van der Waals surface area contributed by atoms with Gasteiger partial charge >= 0.3 is 5.97 Å². The molecule has 0 unspecified atom stereocenters. The van der Waals surface area contributed by atoms with Crippen LogP contribution in [0.3, 0.4) is 0 Å². The molecule has 4 heteroatoms. The van der Waals surface area contributed by atoms with Gasteiger partial charge in [-0.15, -0.1) is 0 Å². The van der Waals surface area contributed by atoms with E-state index in [1.807, 2.05) is 47.0 Å². The first-order chi connectivity index (χ1) is 8.65. The van der Waals surface area contributed by atoms with Crippen molar-refractivity contribution in [2.45, 2.75) is 6.92 Å². The molecule has 18 heavy (non-hydrogen) atoms. The van der Waals surface area contributed by atoms with Crippen LogP contribution in [0.15, 0.2) is 42.6 Å². The number of pyridine rings is 1. The summed E-state index contributed by atoms with van der Waals surface area (Å²) in [6, 6.07) is 11.3. The molecule has 0 N–H and O–H groups in total. The maximum atomic E-state index is 11.1. The fraction of sp³-hybridized carbons (Fsp3) is 0.0714. The zero-order valence-electron chi connectivity index (χ0n) is 9.68. The van der Waals surface area contributed by atoms with E-state index >= 15 is 0 Å². The second-order valence-corrected chi connectivity index (χ2v) is 4.51. The lowest BCUT2D eigenvalue weighted by Crippen LogP contribution is -2.03. The molecule has 0 aliphatic carbocycles. The Labute approximate surface area is 109 Å². The van der Waals surface area contributed by atoms with Crippen LogP contribution in [0.25, 0.3) is 16.4 Å². The Balaban J connectivity index is 2.39. The molecule has 0 amide bonds. The van der Waals surface area contributed by atoms with E-state index in [0.29, 0.717) is 10.8 Å². The highest BCUT2D eigenvalue weighted by Gasteiger charge is 2.09. The van der Waals surface area contributed by atoms with Crippen molar-refractivity contribution in [1.29, 1.82) is 0 Å². The normalized spacial score (nSPS) is 11.0. The van der Waals surface area contributed by atoms with Crippen LogP contribution in [0.2, 0.25) is 5.02 Å². The maximum Gasteiger partial charge on any atom is 0.308 e. The van der Waals surface area contributed by atoms with Crippen LogP contribution in [0.5, 0.6) is 5.75 Å². The van der Waals surface area contributed by atoms with Gasteiger partial charge < -0.3 is 9.14 Å². The summed E-state index contributed by atoms with van der Waals surface area (Å²) < 4.78 is 7.21. The summed E-state index contributed by atoms with van der Waals surface area (Å²) in [6.45, 7) is 1.39. The minimum atomic E-state index is -0.334. The van der Waals surface area contributed by atoms with Crippen molar-refractivity contribution < 1.29 is 9.53 Å². The van der Waals surface area contributed by atoms with Gasteiger partial charge in [-0.2, -0.15) is 0 Å². The van der Waals surface area contributed by atoms with Gasteiger partial charge in [0.2, 0.25) is 0 Å². The summed E-state index contributed by atoms with van der Waals surface area (Å²) in [5.41, 5.74) is 1.88. The monoisotopic (exact) mass is 259 g/mol. The van der Waals surface area contributed by atoms with Crippen molar-refractivity contribution in [3.8, 4) is 5.75 Å². The average Bonchev–Trinajstić information content (AvgIpc) is 2.77. The van der Waals surface area contributed by atoms with Gasteiger partial charge in [-0.25, -0.2) is 0 Å². The summed E-state index contributed by atoms with van der Waals surface area (Å²) in [4.78, 5) is 11.1. The molecule has 1 aromatic carbocycles. The third-order valence-electron chi connectivity index (χ3n) is 2.79. The second kappa shape index (κ2) is 4.03. The molecule has 0 radical (unpaired) electrons. The molecule has 90 valence electrons. The molecule has 0 bridgehead atoms. The number of carbonyl (C=O) groups is 1. The molecule has 2 heterocycles. The van der Waals surface area contributed by atoms with Crippen molar-refractivity contribution in [2.75, 3.05) is 0 Å². The first-order valence-electron chi connectivity index (χ1n) is 5.53. The van der Waals surface area contributed by atoms with Crippen LogP contribution in [0.4, 0.5) is 0 Å². The SMILES string of the molecule is CC(=O)Oc1cc2cc(Cl)ccc2n2cccc12. The van der Waals surface area contributed by atoms with E-state index in [1.54, 1.807) is 0 Å². The smallest absolute Gasteiger partial charge is 0.308 e. The third-order valence-corrected chi connectivity index (χ3v) is 3.03. The van der Waals surface area contributed by atoms with Gasteiger partial charge in [0.25, 0.3) is 0 Å². The van der Waals surface area contributed by atoms with Crippen LogP contribution in [0, 0.1) is 0 Å². The highest BCUT2D eigenvalue weighted by Crippen LogP contribution is 2.29. The first kappa shape index (κ1) is 11.1. The highest BCUT2D eigenvalue weighted by atomic mass is 35.5. The largest absolute Gasteiger partial charge is 0.424 e. The van der Waals surface area contributed by atoms with Crippen molar-refractivity contribution in [3.05, 3.63) is 47.6 Å². The van der Waals surface area contributed by atoms with Gasteiger partial charge in [-0.1, -0.05) is 11.6 Å². The van der Waals surface area contributed by atoms with E-state index in [1.165, 1.54) is 6.92 Å². The van der Waals surface area contributed by atoms with Crippen molar-refractivity contribution >= 4 is 34.0 Å². The molecular weight excluding hydrogens is 250 g/mol. The Morgan fingerprint density at radius 2 is 2.06 bits per heavy atom. The lowest BCUT2D eigenvalue weighted by molar-refractivity contribution is -0.131. The Morgan fingerprint density at radius 3 is 2.83 bits per heavy atom. The van der Waals surface area contributed by atoms with Gasteiger partial charge in [0.1, 0.15) is 0 Å². The standard InChI is InChI=1S/C14H10ClNO2/c1-9(17)18-14-8-10-7-11(15)4-5-12(10)16-6-2-3-13(14)16/h2-8H,1H3. The fourth-order valence-corrected chi connectivity index (χ4v) is 2.28. The quantitative estimate of drug-likeness (QED) is 0.624. The average molecular weight is 260 g/mol. The number of carbonyl (C=O) groups excluding carboxylic acids is 1. The summed E-state index contributed by atoms with van der Waals surface area (Å²) in [5.74, 6) is 0.210. The summed E-state index contributed by atoms with van der Waals surface area (Å²) in [7, 11) is 0. The lowest BCUT2D eigenvalue weighted by atomic mass is 10.2. The first-order valence-corrected chi connectivity index (χ1v) is 5.91. The van der Waals surface area contributed by atoms with Gasteiger partial charge in [-0.05, 0) is 36.4 Å². The summed E-state index contributed by atoms with van der Waals surface area (Å²) in [6.07, 6.45) is 1.93. The van der Waals surface area contributed by atoms with Crippen LogP contribution in [-0.2, 0) is 4.79 Å². The van der Waals surface area contributed by atoms with Gasteiger partial charge in [0.05, 0.1) is 11.0 Å². The number of rotatable bonds is 1. The molecule has 0 aliphatic rings. The summed E-state index contributed by atoms with van der Waals surface area (Å²) >= 11 is 5.98. The van der Waals surface area contributed by atoms with E-state index in [2.05, 4.69) is 0 Å². The Kier molecular flexibility index (Phi) is 2.49. The zero-order valence-corrected chi connectivity index (χ0v) is 10.4. The molecule has 3 aromatic rings. The number of ether oxygens (including phenoxy) is 1. The van der Waals surface area contributed by atoms with Crippen LogP contribution < -0.4 is 4.74 Å². The number of halogens is 1. The maximum absolute atomic E-state index is 11.1. The van der Waals surface area contributed by atoms with Gasteiger partial charge in [0.15, 0.2) is 5.75 Å². The number of benzene rings is 1. The molecular formula is C14H10ClNO2. The zero-order chi connectivity index (χ0) is 12.7. The van der Waals surface area contributed by atoms with E-state index in [0.717, 1.165) is 16.4 Å². The second-order valence-electron chi connectivity index (χ2n) is 4.07. The van der Waals surface area contributed by atoms with Crippen LogP contribution in [-0.4, -0.2) is 10.4 Å². The third kappa shape index (κ3) is 1.73. The Bertz CT molecular complexity index is 761. The molecule has 2 aromatic heterocycles. The van der Waals surface area contributed by atoms with Crippen molar-refractivity contribution in [3.63, 3.8) is 0 Å². The fourth-order valence-electron chi connectivity index (χ4n) is 2.10. The Hall–Kier alpha value is -2.00. The number of fused-ring (bicyclic) bond motifs is 3. The lowest BCUT2D eigenvalue weighted by Gasteiger charge is -2.09. The molecule has 0 saturated carbocycles. The molecule has 0 fully saturated rings. The topological polar surface area (TPSA) is 30.7 Å². The molecule has 3 rings (SSSR count). The number of aromatic nitrogens is 1. The molecule has 0 spiro atoms. The van der Waals surface area contributed by atoms with Crippen molar-refractivity contribution in [1.82, 2.24) is 4.40 Å². The van der Waals surface area contributed by atoms with Crippen molar-refractivity contribution in [2.24, 2.45) is 0 Å². The van der Waals surface area contributed by atoms with E-state index in [-0.39, 0.29) is 5.97 Å². The summed E-state index contributed by atoms with van der Waals surface area (Å²) in [5, 5.41) is 1.59. The number of hydrogen-bond acceptors (Lipinski definition) is 2. The molecule has 0 aliphatic heterocycles. The predicted octanol–water partition coefficient (Wildman–Crippen LogP) is 3.67. The van der Waals surface area contributed by atoms with Gasteiger partial charge in [0, 0.05) is 23.5 Å². The molecule has 0 atom stereocenters. The van der Waals surface area contributed by atoms with Crippen LogP contribution in [0.1, 0.15) is 6.92 Å². The predicted molar refractivity (Wildman–Crippen MR) is 71.2 cm³/mol. The van der Waals surface area contributed by atoms with Crippen LogP contribution >= 0.6 is 11.6 Å². The number of hydrogen-bond donors (Lipinski definition) is 0. The molecule has 3 nitrogen and oxygen atoms in total. The highest BCUT2D eigenvalue weighted by molar-refractivity contribution is 6.31. The van der Waals surface area contributed by atoms with E-state index in [4.69, 9.17) is 16.3 Å². The number of nitrogens with zero attached hydrogens (tertiary/aromatic N) is 1. The Morgan fingerprint density at radius 1 is 1.22 bits per heavy atom. The molecule has 0 saturated heterocycles. The van der Waals surface area contributed by atoms with E-state index in [9.17, 15) is 4.79 Å². The minimum absolute atomic E-state index is 0.334. The van der Waals surface area contributed by atoms with E-state index < -0.39 is 0 Å². The number of esters is 1.